The molecule has 2 heterocycles. The van der Waals surface area contributed by atoms with E-state index in [1.165, 1.54) is 24.5 Å². The minimum Gasteiger partial charge on any atom is -0.315 e. The normalized spacial score (nSPS) is 11.8. The molecule has 3 rings (SSSR count). The first-order valence-corrected chi connectivity index (χ1v) is 8.35. The van der Waals surface area contributed by atoms with Crippen molar-refractivity contribution in [2.75, 3.05) is 11.4 Å². The Morgan fingerprint density at radius 2 is 1.84 bits per heavy atom. The summed E-state index contributed by atoms with van der Waals surface area (Å²) in [6.45, 7) is -1.27. The van der Waals surface area contributed by atoms with Crippen molar-refractivity contribution in [3.05, 3.63) is 51.4 Å². The molecule has 130 valence electrons. The van der Waals surface area contributed by atoms with Gasteiger partial charge in [-0.15, -0.1) is 0 Å². The third kappa shape index (κ3) is 4.31. The average Bonchev–Trinajstić information content (AvgIpc) is 2.50. The fourth-order valence-corrected chi connectivity index (χ4v) is 2.97. The summed E-state index contributed by atoms with van der Waals surface area (Å²) in [6, 6.07) is 6.13. The second kappa shape index (κ2) is 6.93. The van der Waals surface area contributed by atoms with E-state index in [9.17, 15) is 13.2 Å². The Bertz CT molecular complexity index is 931. The van der Waals surface area contributed by atoms with Crippen molar-refractivity contribution in [1.29, 1.82) is 0 Å². The summed E-state index contributed by atoms with van der Waals surface area (Å²) in [5.74, 6) is 0.0175. The zero-order chi connectivity index (χ0) is 18.2. The van der Waals surface area contributed by atoms with E-state index in [4.69, 9.17) is 23.2 Å². The Hall–Kier alpha value is -1.64. The summed E-state index contributed by atoms with van der Waals surface area (Å²) in [5, 5.41) is 0.595. The van der Waals surface area contributed by atoms with Gasteiger partial charge in [-0.25, -0.2) is 4.98 Å². The number of hydrogen-bond donors (Lipinski definition) is 0. The highest BCUT2D eigenvalue weighted by Crippen LogP contribution is 2.35. The number of hydrogen-bond acceptors (Lipinski definition) is 4. The maximum Gasteiger partial charge on any atom is 0.406 e. The third-order valence-electron chi connectivity index (χ3n) is 3.21. The van der Waals surface area contributed by atoms with Gasteiger partial charge in [-0.1, -0.05) is 11.6 Å². The zero-order valence-corrected chi connectivity index (χ0v) is 15.3. The molecule has 0 spiro atoms. The average molecular weight is 452 g/mol. The highest BCUT2D eigenvalue weighted by atomic mass is 79.9. The van der Waals surface area contributed by atoms with E-state index < -0.39 is 12.7 Å². The van der Waals surface area contributed by atoms with Crippen LogP contribution in [0.2, 0.25) is 10.3 Å². The SMILES string of the molecule is FC(F)(F)CN(c1cncc(Br)c1)c1nc(Cl)nc2cc(Cl)ccc12. The van der Waals surface area contributed by atoms with Gasteiger partial charge >= 0.3 is 6.18 Å². The lowest BCUT2D eigenvalue weighted by atomic mass is 10.2. The summed E-state index contributed by atoms with van der Waals surface area (Å²) in [6.07, 6.45) is -1.69. The number of halogens is 6. The van der Waals surface area contributed by atoms with E-state index in [0.29, 0.717) is 20.4 Å². The highest BCUT2D eigenvalue weighted by Gasteiger charge is 2.33. The van der Waals surface area contributed by atoms with Crippen LogP contribution in [-0.4, -0.2) is 27.7 Å². The van der Waals surface area contributed by atoms with E-state index in [0.717, 1.165) is 4.90 Å². The standard InChI is InChI=1S/C15H8BrCl2F3N4/c16-8-3-10(6-22-5-8)25(7-15(19,20)21)13-11-2-1-9(17)4-12(11)23-14(18)24-13/h1-6H,7H2. The van der Waals surface area contributed by atoms with Crippen LogP contribution in [0.25, 0.3) is 10.9 Å². The lowest BCUT2D eigenvalue weighted by Crippen LogP contribution is -2.31. The monoisotopic (exact) mass is 450 g/mol. The molecule has 0 amide bonds. The summed E-state index contributed by atoms with van der Waals surface area (Å²) in [5.41, 5.74) is 0.551. The van der Waals surface area contributed by atoms with Crippen molar-refractivity contribution in [3.63, 3.8) is 0 Å². The van der Waals surface area contributed by atoms with Gasteiger partial charge in [0.2, 0.25) is 5.28 Å². The summed E-state index contributed by atoms with van der Waals surface area (Å²) in [7, 11) is 0. The second-order valence-corrected chi connectivity index (χ2v) is 6.73. The number of alkyl halides is 3. The number of fused-ring (bicyclic) bond motifs is 1. The Balaban J connectivity index is 2.24. The van der Waals surface area contributed by atoms with Crippen LogP contribution in [0.3, 0.4) is 0 Å². The molecule has 0 bridgehead atoms. The van der Waals surface area contributed by atoms with Crippen LogP contribution in [0.15, 0.2) is 41.1 Å². The van der Waals surface area contributed by atoms with E-state index in [1.807, 2.05) is 0 Å². The summed E-state index contributed by atoms with van der Waals surface area (Å²) in [4.78, 5) is 13.0. The first-order chi connectivity index (χ1) is 11.7. The van der Waals surface area contributed by atoms with Gasteiger partial charge in [0.15, 0.2) is 0 Å². The molecule has 0 atom stereocenters. The Labute approximate surface area is 158 Å². The van der Waals surface area contributed by atoms with Gasteiger partial charge in [-0.2, -0.15) is 18.2 Å². The van der Waals surface area contributed by atoms with E-state index in [-0.39, 0.29) is 16.8 Å². The zero-order valence-electron chi connectivity index (χ0n) is 12.2. The van der Waals surface area contributed by atoms with Crippen LogP contribution in [-0.2, 0) is 0 Å². The van der Waals surface area contributed by atoms with Gasteiger partial charge in [-0.05, 0) is 51.8 Å². The van der Waals surface area contributed by atoms with Gasteiger partial charge < -0.3 is 4.90 Å². The molecule has 0 saturated carbocycles. The van der Waals surface area contributed by atoms with Crippen molar-refractivity contribution >= 4 is 61.5 Å². The molecule has 25 heavy (non-hydrogen) atoms. The first kappa shape index (κ1) is 18.2. The lowest BCUT2D eigenvalue weighted by Gasteiger charge is -2.26. The molecule has 0 unspecified atom stereocenters. The third-order valence-corrected chi connectivity index (χ3v) is 4.04. The minimum atomic E-state index is -4.47. The predicted octanol–water partition coefficient (Wildman–Crippen LogP) is 5.79. The molecule has 4 nitrogen and oxygen atoms in total. The van der Waals surface area contributed by atoms with Crippen molar-refractivity contribution in [2.24, 2.45) is 0 Å². The summed E-state index contributed by atoms with van der Waals surface area (Å²) >= 11 is 15.1. The van der Waals surface area contributed by atoms with Crippen LogP contribution < -0.4 is 4.90 Å². The molecule has 0 saturated heterocycles. The second-order valence-electron chi connectivity index (χ2n) is 5.04. The van der Waals surface area contributed by atoms with E-state index >= 15 is 0 Å². The van der Waals surface area contributed by atoms with Gasteiger partial charge in [0, 0.05) is 21.1 Å². The van der Waals surface area contributed by atoms with Gasteiger partial charge in [-0.3, -0.25) is 4.98 Å². The molecule has 0 radical (unpaired) electrons. The van der Waals surface area contributed by atoms with Crippen molar-refractivity contribution < 1.29 is 13.2 Å². The number of benzene rings is 1. The number of aromatic nitrogens is 3. The molecule has 0 aliphatic carbocycles. The Kier molecular flexibility index (Phi) is 5.04. The molecule has 1 aromatic carbocycles. The minimum absolute atomic E-state index is 0.0175. The maximum atomic E-state index is 13.2. The molecule has 2 aromatic heterocycles. The molecule has 10 heteroatoms. The molecular formula is C15H8BrCl2F3N4. The molecule has 0 fully saturated rings. The Morgan fingerprint density at radius 1 is 1.08 bits per heavy atom. The molecule has 3 aromatic rings. The van der Waals surface area contributed by atoms with Crippen molar-refractivity contribution in [1.82, 2.24) is 15.0 Å². The number of rotatable bonds is 3. The topological polar surface area (TPSA) is 41.9 Å². The first-order valence-electron chi connectivity index (χ1n) is 6.80. The fraction of sp³-hybridized carbons (Fsp3) is 0.133. The molecule has 0 aliphatic heterocycles. The smallest absolute Gasteiger partial charge is 0.315 e. The molecule has 0 aliphatic rings. The molecule has 0 N–H and O–H groups in total. The summed E-state index contributed by atoms with van der Waals surface area (Å²) < 4.78 is 40.0. The van der Waals surface area contributed by atoms with Gasteiger partial charge in [0.1, 0.15) is 12.4 Å². The van der Waals surface area contributed by atoms with E-state index in [2.05, 4.69) is 30.9 Å². The predicted molar refractivity (Wildman–Crippen MR) is 94.6 cm³/mol. The fourth-order valence-electron chi connectivity index (χ4n) is 2.28. The van der Waals surface area contributed by atoms with Crippen LogP contribution in [0.4, 0.5) is 24.7 Å². The maximum absolute atomic E-state index is 13.2. The Morgan fingerprint density at radius 3 is 2.52 bits per heavy atom. The largest absolute Gasteiger partial charge is 0.406 e. The van der Waals surface area contributed by atoms with Gasteiger partial charge in [0.05, 0.1) is 17.4 Å². The van der Waals surface area contributed by atoms with E-state index in [1.54, 1.807) is 12.1 Å². The number of pyridine rings is 1. The van der Waals surface area contributed by atoms with Crippen molar-refractivity contribution in [2.45, 2.75) is 6.18 Å². The number of nitrogens with zero attached hydrogens (tertiary/aromatic N) is 4. The van der Waals surface area contributed by atoms with Crippen LogP contribution >= 0.6 is 39.1 Å². The van der Waals surface area contributed by atoms with Crippen LogP contribution in [0.1, 0.15) is 0 Å². The van der Waals surface area contributed by atoms with Crippen molar-refractivity contribution in [3.8, 4) is 0 Å². The van der Waals surface area contributed by atoms with Crippen LogP contribution in [0, 0.1) is 0 Å². The highest BCUT2D eigenvalue weighted by molar-refractivity contribution is 9.10. The lowest BCUT2D eigenvalue weighted by molar-refractivity contribution is -0.118. The number of anilines is 2. The van der Waals surface area contributed by atoms with Crippen LogP contribution in [0.5, 0.6) is 0 Å². The van der Waals surface area contributed by atoms with Gasteiger partial charge in [0.25, 0.3) is 0 Å². The quantitative estimate of drug-likeness (QED) is 0.472. The molecular weight excluding hydrogens is 444 g/mol.